The zero-order valence-corrected chi connectivity index (χ0v) is 10.7. The highest BCUT2D eigenvalue weighted by Crippen LogP contribution is 2.39. The van der Waals surface area contributed by atoms with Gasteiger partial charge in [0, 0.05) is 24.4 Å². The Bertz CT molecular complexity index is 412. The minimum Gasteiger partial charge on any atom is -0.327 e. The van der Waals surface area contributed by atoms with Crippen LogP contribution in [0.3, 0.4) is 0 Å². The number of aryl methyl sites for hydroxylation is 1. The van der Waals surface area contributed by atoms with Crippen LogP contribution in [0.4, 0.5) is 0 Å². The number of rotatable bonds is 1. The molecule has 0 bridgehead atoms. The second-order valence-electron chi connectivity index (χ2n) is 5.82. The van der Waals surface area contributed by atoms with Gasteiger partial charge < -0.3 is 10.3 Å². The monoisotopic (exact) mass is 234 g/mol. The number of nitrogens with two attached hydrogens (primary N) is 1. The molecule has 0 spiro atoms. The van der Waals surface area contributed by atoms with Gasteiger partial charge in [-0.1, -0.05) is 19.8 Å². The molecular weight excluding hydrogens is 212 g/mol. The summed E-state index contributed by atoms with van der Waals surface area (Å²) in [6.45, 7) is 3.35. The molecule has 2 N–H and O–H groups in total. The molecule has 1 aromatic heterocycles. The van der Waals surface area contributed by atoms with Crippen molar-refractivity contribution in [3.63, 3.8) is 0 Å². The summed E-state index contributed by atoms with van der Waals surface area (Å²) < 4.78 is 2.36. The Morgan fingerprint density at radius 3 is 2.88 bits per heavy atom. The SMILES string of the molecule is CC1(c2nnc3n2CCCCC3)CCCC1N. The molecule has 0 aromatic carbocycles. The van der Waals surface area contributed by atoms with E-state index in [0.717, 1.165) is 31.6 Å². The number of aromatic nitrogens is 3. The summed E-state index contributed by atoms with van der Waals surface area (Å²) >= 11 is 0. The maximum absolute atomic E-state index is 6.30. The molecular formula is C13H22N4. The van der Waals surface area contributed by atoms with Gasteiger partial charge in [-0.25, -0.2) is 0 Å². The first-order valence-electron chi connectivity index (χ1n) is 6.90. The van der Waals surface area contributed by atoms with Gasteiger partial charge in [0.1, 0.15) is 11.6 Å². The van der Waals surface area contributed by atoms with Gasteiger partial charge in [-0.05, 0) is 25.7 Å². The molecule has 1 fully saturated rings. The number of hydrogen-bond donors (Lipinski definition) is 1. The van der Waals surface area contributed by atoms with Crippen molar-refractivity contribution in [3.8, 4) is 0 Å². The van der Waals surface area contributed by atoms with E-state index in [0.29, 0.717) is 0 Å². The molecule has 0 radical (unpaired) electrons. The lowest BCUT2D eigenvalue weighted by Crippen LogP contribution is -2.40. The van der Waals surface area contributed by atoms with Crippen LogP contribution in [0.25, 0.3) is 0 Å². The summed E-state index contributed by atoms with van der Waals surface area (Å²) in [5, 5.41) is 8.87. The third kappa shape index (κ3) is 1.69. The average Bonchev–Trinajstić information content (AvgIpc) is 2.78. The molecule has 3 rings (SSSR count). The fraction of sp³-hybridized carbons (Fsp3) is 0.846. The van der Waals surface area contributed by atoms with Crippen molar-refractivity contribution in [3.05, 3.63) is 11.6 Å². The Balaban J connectivity index is 2.00. The van der Waals surface area contributed by atoms with E-state index in [1.54, 1.807) is 0 Å². The first-order valence-corrected chi connectivity index (χ1v) is 6.90. The Morgan fingerprint density at radius 1 is 1.24 bits per heavy atom. The van der Waals surface area contributed by atoms with Gasteiger partial charge in [0.25, 0.3) is 0 Å². The minimum absolute atomic E-state index is 0.0512. The molecule has 0 saturated heterocycles. The van der Waals surface area contributed by atoms with Crippen molar-refractivity contribution in [1.29, 1.82) is 0 Å². The molecule has 4 heteroatoms. The summed E-state index contributed by atoms with van der Waals surface area (Å²) in [4.78, 5) is 0. The fourth-order valence-corrected chi connectivity index (χ4v) is 3.38. The summed E-state index contributed by atoms with van der Waals surface area (Å²) in [6.07, 6.45) is 8.40. The maximum Gasteiger partial charge on any atom is 0.140 e. The summed E-state index contributed by atoms with van der Waals surface area (Å²) in [6, 6.07) is 0.249. The van der Waals surface area contributed by atoms with E-state index in [1.807, 2.05) is 0 Å². The molecule has 2 atom stereocenters. The van der Waals surface area contributed by atoms with Crippen molar-refractivity contribution < 1.29 is 0 Å². The minimum atomic E-state index is 0.0512. The van der Waals surface area contributed by atoms with E-state index in [2.05, 4.69) is 21.7 Å². The highest BCUT2D eigenvalue weighted by molar-refractivity contribution is 5.16. The van der Waals surface area contributed by atoms with Crippen LogP contribution in [0.5, 0.6) is 0 Å². The second kappa shape index (κ2) is 4.09. The quantitative estimate of drug-likeness (QED) is 0.805. The Morgan fingerprint density at radius 2 is 2.12 bits per heavy atom. The molecule has 17 heavy (non-hydrogen) atoms. The number of hydrogen-bond acceptors (Lipinski definition) is 3. The maximum atomic E-state index is 6.30. The molecule has 2 unspecified atom stereocenters. The van der Waals surface area contributed by atoms with E-state index >= 15 is 0 Å². The van der Waals surface area contributed by atoms with E-state index in [9.17, 15) is 0 Å². The van der Waals surface area contributed by atoms with Crippen LogP contribution in [-0.2, 0) is 18.4 Å². The van der Waals surface area contributed by atoms with Gasteiger partial charge >= 0.3 is 0 Å². The largest absolute Gasteiger partial charge is 0.327 e. The van der Waals surface area contributed by atoms with Crippen LogP contribution in [0, 0.1) is 0 Å². The molecule has 4 nitrogen and oxygen atoms in total. The zero-order valence-electron chi connectivity index (χ0n) is 10.7. The molecule has 2 aliphatic rings. The lowest BCUT2D eigenvalue weighted by Gasteiger charge is -2.28. The summed E-state index contributed by atoms with van der Waals surface area (Å²) in [7, 11) is 0. The van der Waals surface area contributed by atoms with Crippen LogP contribution >= 0.6 is 0 Å². The standard InChI is InChI=1S/C13H22N4/c1-13(8-5-6-10(13)14)12-16-15-11-7-3-2-4-9-17(11)12/h10H,2-9,14H2,1H3. The Labute approximate surface area is 103 Å². The Kier molecular flexibility index (Phi) is 2.69. The van der Waals surface area contributed by atoms with E-state index in [4.69, 9.17) is 5.73 Å². The van der Waals surface area contributed by atoms with Crippen LogP contribution in [0.1, 0.15) is 57.1 Å². The molecule has 0 amide bonds. The third-order valence-electron chi connectivity index (χ3n) is 4.65. The molecule has 2 heterocycles. The van der Waals surface area contributed by atoms with Gasteiger partial charge in [-0.15, -0.1) is 10.2 Å². The highest BCUT2D eigenvalue weighted by Gasteiger charge is 2.42. The lowest BCUT2D eigenvalue weighted by atomic mass is 9.84. The first-order chi connectivity index (χ1) is 8.22. The smallest absolute Gasteiger partial charge is 0.140 e. The van der Waals surface area contributed by atoms with Gasteiger partial charge in [-0.2, -0.15) is 0 Å². The molecule has 1 saturated carbocycles. The molecule has 1 aliphatic carbocycles. The lowest BCUT2D eigenvalue weighted by molar-refractivity contribution is 0.381. The van der Waals surface area contributed by atoms with Crippen molar-refractivity contribution in [2.24, 2.45) is 5.73 Å². The predicted octanol–water partition coefficient (Wildman–Crippen LogP) is 1.77. The van der Waals surface area contributed by atoms with Gasteiger partial charge in [-0.3, -0.25) is 0 Å². The topological polar surface area (TPSA) is 56.7 Å². The molecule has 1 aromatic rings. The van der Waals surface area contributed by atoms with E-state index < -0.39 is 0 Å². The molecule has 1 aliphatic heterocycles. The Hall–Kier alpha value is -0.900. The van der Waals surface area contributed by atoms with E-state index in [1.165, 1.54) is 31.5 Å². The van der Waals surface area contributed by atoms with Gasteiger partial charge in [0.05, 0.1) is 0 Å². The second-order valence-corrected chi connectivity index (χ2v) is 5.82. The highest BCUT2D eigenvalue weighted by atomic mass is 15.3. The van der Waals surface area contributed by atoms with E-state index in [-0.39, 0.29) is 11.5 Å². The van der Waals surface area contributed by atoms with Crippen molar-refractivity contribution >= 4 is 0 Å². The summed E-state index contributed by atoms with van der Waals surface area (Å²) in [5.74, 6) is 2.33. The summed E-state index contributed by atoms with van der Waals surface area (Å²) in [5.41, 5.74) is 6.35. The number of fused-ring (bicyclic) bond motifs is 1. The average molecular weight is 234 g/mol. The molecule has 94 valence electrons. The van der Waals surface area contributed by atoms with Crippen LogP contribution < -0.4 is 5.73 Å². The van der Waals surface area contributed by atoms with Crippen molar-refractivity contribution in [2.75, 3.05) is 0 Å². The van der Waals surface area contributed by atoms with Crippen LogP contribution in [-0.4, -0.2) is 20.8 Å². The van der Waals surface area contributed by atoms with Gasteiger partial charge in [0.15, 0.2) is 0 Å². The number of nitrogens with zero attached hydrogens (tertiary/aromatic N) is 3. The van der Waals surface area contributed by atoms with Crippen molar-refractivity contribution in [2.45, 2.75) is 69.9 Å². The first kappa shape index (κ1) is 11.2. The third-order valence-corrected chi connectivity index (χ3v) is 4.65. The van der Waals surface area contributed by atoms with Crippen LogP contribution in [0.2, 0.25) is 0 Å². The predicted molar refractivity (Wildman–Crippen MR) is 66.8 cm³/mol. The fourth-order valence-electron chi connectivity index (χ4n) is 3.38. The van der Waals surface area contributed by atoms with Crippen molar-refractivity contribution in [1.82, 2.24) is 14.8 Å². The normalized spacial score (nSPS) is 33.4. The van der Waals surface area contributed by atoms with Gasteiger partial charge in [0.2, 0.25) is 0 Å². The zero-order chi connectivity index (χ0) is 11.9. The van der Waals surface area contributed by atoms with Crippen LogP contribution in [0.15, 0.2) is 0 Å².